The van der Waals surface area contributed by atoms with E-state index in [1.807, 2.05) is 16.8 Å². The highest BCUT2D eigenvalue weighted by Crippen LogP contribution is 2.36. The van der Waals surface area contributed by atoms with Gasteiger partial charge in [0.1, 0.15) is 0 Å². The number of anilines is 1. The van der Waals surface area contributed by atoms with Crippen LogP contribution in [-0.4, -0.2) is 61.1 Å². The van der Waals surface area contributed by atoms with E-state index in [-0.39, 0.29) is 6.03 Å². The summed E-state index contributed by atoms with van der Waals surface area (Å²) in [5.74, 6) is 1.69. The monoisotopic (exact) mass is 348 g/mol. The van der Waals surface area contributed by atoms with Gasteiger partial charge in [-0.2, -0.15) is 11.3 Å². The number of fused-ring (bicyclic) bond motifs is 3. The molecule has 2 amide bonds. The summed E-state index contributed by atoms with van der Waals surface area (Å²) in [6.45, 7) is 7.09. The predicted molar refractivity (Wildman–Crippen MR) is 98.6 cm³/mol. The molecule has 4 unspecified atom stereocenters. The van der Waals surface area contributed by atoms with Crippen LogP contribution in [0.5, 0.6) is 0 Å². The Balaban J connectivity index is 1.24. The molecule has 1 aromatic rings. The minimum absolute atomic E-state index is 0.0790. The molecular formula is C18H28N4OS. The molecule has 2 bridgehead atoms. The largest absolute Gasteiger partial charge is 0.336 e. The van der Waals surface area contributed by atoms with Crippen LogP contribution in [0.25, 0.3) is 0 Å². The van der Waals surface area contributed by atoms with Crippen molar-refractivity contribution >= 4 is 23.1 Å². The first kappa shape index (κ1) is 16.4. The number of hydrogen-bond donors (Lipinski definition) is 2. The van der Waals surface area contributed by atoms with E-state index in [1.54, 1.807) is 11.3 Å². The van der Waals surface area contributed by atoms with E-state index in [1.165, 1.54) is 58.4 Å². The quantitative estimate of drug-likeness (QED) is 0.860. The zero-order valence-corrected chi connectivity index (χ0v) is 15.1. The first-order valence-corrected chi connectivity index (χ1v) is 10.3. The van der Waals surface area contributed by atoms with Crippen LogP contribution in [0, 0.1) is 11.8 Å². The SMILES string of the molecule is O=C(NCC1CC2CCN1CC2CN1CCCC1)Nc1ccsc1. The predicted octanol–water partition coefficient (Wildman–Crippen LogP) is 2.68. The molecule has 24 heavy (non-hydrogen) atoms. The maximum absolute atomic E-state index is 12.0. The van der Waals surface area contributed by atoms with Gasteiger partial charge in [-0.3, -0.25) is 4.90 Å². The molecule has 132 valence electrons. The Hall–Kier alpha value is -1.11. The minimum atomic E-state index is -0.0790. The number of urea groups is 1. The van der Waals surface area contributed by atoms with Crippen LogP contribution < -0.4 is 10.6 Å². The van der Waals surface area contributed by atoms with E-state index in [2.05, 4.69) is 20.4 Å². The van der Waals surface area contributed by atoms with Gasteiger partial charge >= 0.3 is 6.03 Å². The van der Waals surface area contributed by atoms with Gasteiger partial charge < -0.3 is 15.5 Å². The molecule has 5 rings (SSSR count). The van der Waals surface area contributed by atoms with Crippen molar-refractivity contribution in [1.82, 2.24) is 15.1 Å². The standard InChI is InChI=1S/C18H28N4OS/c23-18(20-16-4-8-24-13-16)19-10-17-9-14-3-7-22(17)12-15(14)11-21-5-1-2-6-21/h4,8,13-15,17H,1-3,5-7,9-12H2,(H2,19,20,23). The number of rotatable bonds is 5. The average molecular weight is 349 g/mol. The second-order valence-corrected chi connectivity index (χ2v) is 8.33. The molecule has 0 aromatic carbocycles. The van der Waals surface area contributed by atoms with Crippen molar-refractivity contribution in [2.45, 2.75) is 31.7 Å². The van der Waals surface area contributed by atoms with Gasteiger partial charge in [-0.15, -0.1) is 0 Å². The maximum Gasteiger partial charge on any atom is 0.319 e. The highest BCUT2D eigenvalue weighted by atomic mass is 32.1. The zero-order chi connectivity index (χ0) is 16.4. The van der Waals surface area contributed by atoms with Crippen molar-refractivity contribution in [3.63, 3.8) is 0 Å². The molecule has 0 saturated carbocycles. The lowest BCUT2D eigenvalue weighted by Crippen LogP contribution is -2.58. The van der Waals surface area contributed by atoms with Crippen molar-refractivity contribution in [3.05, 3.63) is 16.8 Å². The van der Waals surface area contributed by atoms with E-state index in [0.29, 0.717) is 6.04 Å². The van der Waals surface area contributed by atoms with Crippen LogP contribution in [0.3, 0.4) is 0 Å². The van der Waals surface area contributed by atoms with E-state index >= 15 is 0 Å². The third-order valence-electron chi connectivity index (χ3n) is 5.98. The first-order chi connectivity index (χ1) is 11.8. The van der Waals surface area contributed by atoms with Crippen molar-refractivity contribution in [1.29, 1.82) is 0 Å². The van der Waals surface area contributed by atoms with Crippen LogP contribution in [0.4, 0.5) is 10.5 Å². The summed E-state index contributed by atoms with van der Waals surface area (Å²) in [6.07, 6.45) is 5.35. The molecule has 4 fully saturated rings. The van der Waals surface area contributed by atoms with Gasteiger partial charge in [-0.1, -0.05) is 0 Å². The van der Waals surface area contributed by atoms with E-state index < -0.39 is 0 Å². The molecule has 6 heteroatoms. The molecule has 4 atom stereocenters. The summed E-state index contributed by atoms with van der Waals surface area (Å²) >= 11 is 1.60. The molecule has 4 aliphatic heterocycles. The van der Waals surface area contributed by atoms with Gasteiger partial charge in [-0.05, 0) is 68.6 Å². The fraction of sp³-hybridized carbons (Fsp3) is 0.722. The lowest BCUT2D eigenvalue weighted by Gasteiger charge is -2.50. The number of carbonyl (C=O) groups excluding carboxylic acids is 1. The van der Waals surface area contributed by atoms with Crippen LogP contribution in [0.2, 0.25) is 0 Å². The van der Waals surface area contributed by atoms with E-state index in [4.69, 9.17) is 0 Å². The molecule has 2 N–H and O–H groups in total. The number of carbonyl (C=O) groups is 1. The lowest BCUT2D eigenvalue weighted by molar-refractivity contribution is -0.00837. The summed E-state index contributed by atoms with van der Waals surface area (Å²) in [7, 11) is 0. The van der Waals surface area contributed by atoms with Gasteiger partial charge in [0.25, 0.3) is 0 Å². The second kappa shape index (κ2) is 7.42. The number of thiophene rings is 1. The number of hydrogen-bond acceptors (Lipinski definition) is 4. The van der Waals surface area contributed by atoms with Crippen LogP contribution in [0.1, 0.15) is 25.7 Å². The Bertz CT molecular complexity index is 543. The Morgan fingerprint density at radius 2 is 2.17 bits per heavy atom. The Morgan fingerprint density at radius 3 is 2.88 bits per heavy atom. The number of likely N-dealkylation sites (tertiary alicyclic amines) is 1. The summed E-state index contributed by atoms with van der Waals surface area (Å²) in [5.41, 5.74) is 0.883. The highest BCUT2D eigenvalue weighted by molar-refractivity contribution is 7.08. The fourth-order valence-corrected chi connectivity index (χ4v) is 5.27. The Morgan fingerprint density at radius 1 is 1.29 bits per heavy atom. The van der Waals surface area contributed by atoms with Crippen LogP contribution in [0.15, 0.2) is 16.8 Å². The highest BCUT2D eigenvalue weighted by Gasteiger charge is 2.40. The summed E-state index contributed by atoms with van der Waals surface area (Å²) in [4.78, 5) is 17.3. The molecule has 0 radical (unpaired) electrons. The average Bonchev–Trinajstić information content (AvgIpc) is 3.28. The van der Waals surface area contributed by atoms with Gasteiger partial charge in [-0.25, -0.2) is 4.79 Å². The van der Waals surface area contributed by atoms with Crippen molar-refractivity contribution in [2.24, 2.45) is 11.8 Å². The van der Waals surface area contributed by atoms with Crippen molar-refractivity contribution < 1.29 is 4.79 Å². The van der Waals surface area contributed by atoms with Gasteiger partial charge in [0.05, 0.1) is 5.69 Å². The first-order valence-electron chi connectivity index (χ1n) is 9.31. The summed E-state index contributed by atoms with van der Waals surface area (Å²) in [6, 6.07) is 2.37. The maximum atomic E-state index is 12.0. The van der Waals surface area contributed by atoms with Crippen molar-refractivity contribution in [2.75, 3.05) is 44.6 Å². The third kappa shape index (κ3) is 3.76. The van der Waals surface area contributed by atoms with Crippen molar-refractivity contribution in [3.8, 4) is 0 Å². The van der Waals surface area contributed by atoms with Crippen LogP contribution >= 0.6 is 11.3 Å². The molecule has 1 aromatic heterocycles. The van der Waals surface area contributed by atoms with Gasteiger partial charge in [0.2, 0.25) is 0 Å². The normalized spacial score (nSPS) is 32.8. The fourth-order valence-electron chi connectivity index (χ4n) is 4.69. The summed E-state index contributed by atoms with van der Waals surface area (Å²) in [5, 5.41) is 9.89. The Kier molecular flexibility index (Phi) is 5.06. The number of amides is 2. The molecule has 5 heterocycles. The van der Waals surface area contributed by atoms with E-state index in [9.17, 15) is 4.79 Å². The van der Waals surface area contributed by atoms with Gasteiger partial charge in [0.15, 0.2) is 0 Å². The summed E-state index contributed by atoms with van der Waals surface area (Å²) < 4.78 is 0. The second-order valence-electron chi connectivity index (χ2n) is 7.55. The van der Waals surface area contributed by atoms with Gasteiger partial charge in [0, 0.05) is 31.1 Å². The number of piperidine rings is 3. The van der Waals surface area contributed by atoms with Crippen LogP contribution in [-0.2, 0) is 0 Å². The van der Waals surface area contributed by atoms with E-state index in [0.717, 1.165) is 24.1 Å². The molecule has 5 nitrogen and oxygen atoms in total. The lowest BCUT2D eigenvalue weighted by atomic mass is 9.75. The molecule has 0 aliphatic carbocycles. The molecular weight excluding hydrogens is 320 g/mol. The number of nitrogens with zero attached hydrogens (tertiary/aromatic N) is 2. The topological polar surface area (TPSA) is 47.6 Å². The third-order valence-corrected chi connectivity index (χ3v) is 6.67. The molecule has 4 saturated heterocycles. The minimum Gasteiger partial charge on any atom is -0.336 e. The molecule has 4 aliphatic rings. The molecule has 0 spiro atoms. The zero-order valence-electron chi connectivity index (χ0n) is 14.2. The Labute approximate surface area is 148 Å². The smallest absolute Gasteiger partial charge is 0.319 e. The number of nitrogens with one attached hydrogen (secondary N) is 2.